The Balaban J connectivity index is 1.68. The van der Waals surface area contributed by atoms with Crippen molar-refractivity contribution >= 4 is 17.5 Å². The average Bonchev–Trinajstić information content (AvgIpc) is 3.05. The molecule has 1 saturated heterocycles. The van der Waals surface area contributed by atoms with E-state index < -0.39 is 0 Å². The largest absolute Gasteiger partial charge is 0.374 e. The number of ether oxygens (including phenoxy) is 1. The van der Waals surface area contributed by atoms with Gasteiger partial charge in [0.15, 0.2) is 0 Å². The lowest BCUT2D eigenvalue weighted by Gasteiger charge is -2.33. The standard InChI is InChI=1S/C18H22ClN3O2/c1-2-5-17-15(11-20-21-17)18(23)22-8-9-24-14(12-22)10-13-6-3-4-7-16(13)19/h3-4,6-7,11,14H,2,5,8-10,12H2,1H3,(H,20,21)/t14-/m1/s1. The van der Waals surface area contributed by atoms with Crippen LogP contribution in [0.1, 0.15) is 35.0 Å². The summed E-state index contributed by atoms with van der Waals surface area (Å²) in [6.07, 6.45) is 4.10. The summed E-state index contributed by atoms with van der Waals surface area (Å²) in [7, 11) is 0. The Kier molecular flexibility index (Phi) is 5.53. The number of aryl methyl sites for hydroxylation is 1. The molecule has 0 unspecified atom stereocenters. The second kappa shape index (κ2) is 7.81. The Morgan fingerprint density at radius 2 is 2.29 bits per heavy atom. The fourth-order valence-electron chi connectivity index (χ4n) is 3.04. The van der Waals surface area contributed by atoms with Crippen LogP contribution in [0.25, 0.3) is 0 Å². The Morgan fingerprint density at radius 3 is 3.08 bits per heavy atom. The van der Waals surface area contributed by atoms with Gasteiger partial charge < -0.3 is 9.64 Å². The third-order valence-corrected chi connectivity index (χ3v) is 4.65. The summed E-state index contributed by atoms with van der Waals surface area (Å²) in [5.41, 5.74) is 2.64. The number of hydrogen-bond acceptors (Lipinski definition) is 3. The van der Waals surface area contributed by atoms with Crippen molar-refractivity contribution < 1.29 is 9.53 Å². The molecule has 0 radical (unpaired) electrons. The molecule has 2 heterocycles. The van der Waals surface area contributed by atoms with Crippen molar-refractivity contribution in [3.05, 3.63) is 52.3 Å². The van der Waals surface area contributed by atoms with Crippen LogP contribution in [-0.2, 0) is 17.6 Å². The maximum Gasteiger partial charge on any atom is 0.257 e. The van der Waals surface area contributed by atoms with Crippen molar-refractivity contribution in [1.82, 2.24) is 15.1 Å². The summed E-state index contributed by atoms with van der Waals surface area (Å²) in [4.78, 5) is 14.7. The molecule has 5 nitrogen and oxygen atoms in total. The van der Waals surface area contributed by atoms with E-state index in [1.54, 1.807) is 6.20 Å². The molecule has 0 aliphatic carbocycles. The number of carbonyl (C=O) groups is 1. The zero-order valence-electron chi connectivity index (χ0n) is 13.8. The van der Waals surface area contributed by atoms with E-state index >= 15 is 0 Å². The number of halogens is 1. The second-order valence-corrected chi connectivity index (χ2v) is 6.46. The van der Waals surface area contributed by atoms with Gasteiger partial charge in [-0.2, -0.15) is 5.10 Å². The van der Waals surface area contributed by atoms with Crippen molar-refractivity contribution in [2.45, 2.75) is 32.3 Å². The molecule has 24 heavy (non-hydrogen) atoms. The smallest absolute Gasteiger partial charge is 0.257 e. The minimum Gasteiger partial charge on any atom is -0.374 e. The maximum atomic E-state index is 12.8. The van der Waals surface area contributed by atoms with Gasteiger partial charge >= 0.3 is 0 Å². The first-order valence-electron chi connectivity index (χ1n) is 8.35. The summed E-state index contributed by atoms with van der Waals surface area (Å²) in [6, 6.07) is 7.76. The number of carbonyl (C=O) groups excluding carboxylic acids is 1. The van der Waals surface area contributed by atoms with Crippen LogP contribution >= 0.6 is 11.6 Å². The number of nitrogens with one attached hydrogen (secondary N) is 1. The van der Waals surface area contributed by atoms with E-state index in [0.717, 1.165) is 29.1 Å². The van der Waals surface area contributed by atoms with Crippen molar-refractivity contribution in [2.24, 2.45) is 0 Å². The molecule has 1 aromatic heterocycles. The summed E-state index contributed by atoms with van der Waals surface area (Å²) in [5.74, 6) is 0.0275. The number of aromatic amines is 1. The van der Waals surface area contributed by atoms with Gasteiger partial charge in [-0.15, -0.1) is 0 Å². The first-order chi connectivity index (χ1) is 11.7. The molecule has 1 N–H and O–H groups in total. The molecule has 6 heteroatoms. The second-order valence-electron chi connectivity index (χ2n) is 6.05. The Labute approximate surface area is 147 Å². The van der Waals surface area contributed by atoms with Gasteiger partial charge in [-0.05, 0) is 18.1 Å². The minimum atomic E-state index is -0.0378. The van der Waals surface area contributed by atoms with Crippen LogP contribution < -0.4 is 0 Å². The number of aromatic nitrogens is 2. The van der Waals surface area contributed by atoms with Crippen LogP contribution in [-0.4, -0.2) is 46.8 Å². The summed E-state index contributed by atoms with van der Waals surface area (Å²) < 4.78 is 5.84. The highest BCUT2D eigenvalue weighted by Gasteiger charge is 2.27. The molecular weight excluding hydrogens is 326 g/mol. The van der Waals surface area contributed by atoms with E-state index in [1.165, 1.54) is 0 Å². The predicted octanol–water partition coefficient (Wildman–Crippen LogP) is 3.10. The molecule has 2 aromatic rings. The number of hydrogen-bond donors (Lipinski definition) is 1. The number of nitrogens with zero attached hydrogens (tertiary/aromatic N) is 2. The number of amides is 1. The van der Waals surface area contributed by atoms with Crippen LogP contribution in [0.5, 0.6) is 0 Å². The van der Waals surface area contributed by atoms with Gasteiger partial charge in [0.2, 0.25) is 0 Å². The molecule has 0 saturated carbocycles. The van der Waals surface area contributed by atoms with E-state index in [9.17, 15) is 4.79 Å². The summed E-state index contributed by atoms with van der Waals surface area (Å²) >= 11 is 6.23. The van der Waals surface area contributed by atoms with Gasteiger partial charge in [-0.1, -0.05) is 43.1 Å². The number of benzene rings is 1. The number of H-pyrrole nitrogens is 1. The fourth-order valence-corrected chi connectivity index (χ4v) is 3.26. The normalized spacial score (nSPS) is 17.9. The van der Waals surface area contributed by atoms with Crippen LogP contribution in [0.2, 0.25) is 5.02 Å². The lowest BCUT2D eigenvalue weighted by atomic mass is 10.1. The van der Waals surface area contributed by atoms with Gasteiger partial charge in [0.05, 0.1) is 24.5 Å². The van der Waals surface area contributed by atoms with E-state index in [0.29, 0.717) is 31.7 Å². The molecular formula is C18H22ClN3O2. The first-order valence-corrected chi connectivity index (χ1v) is 8.73. The van der Waals surface area contributed by atoms with Gasteiger partial charge in [-0.25, -0.2) is 0 Å². The van der Waals surface area contributed by atoms with Gasteiger partial charge in [0.1, 0.15) is 0 Å². The first kappa shape index (κ1) is 17.0. The van der Waals surface area contributed by atoms with Gasteiger partial charge in [0, 0.05) is 30.2 Å². The van der Waals surface area contributed by atoms with E-state index in [4.69, 9.17) is 16.3 Å². The van der Waals surface area contributed by atoms with Crippen LogP contribution in [0.3, 0.4) is 0 Å². The lowest BCUT2D eigenvalue weighted by Crippen LogP contribution is -2.46. The monoisotopic (exact) mass is 347 g/mol. The molecule has 1 aliphatic rings. The molecule has 0 bridgehead atoms. The lowest BCUT2D eigenvalue weighted by molar-refractivity contribution is -0.0208. The third kappa shape index (κ3) is 3.79. The Hall–Kier alpha value is -1.85. The zero-order valence-corrected chi connectivity index (χ0v) is 14.6. The Bertz CT molecular complexity index is 701. The van der Waals surface area contributed by atoms with Crippen molar-refractivity contribution in [3.63, 3.8) is 0 Å². The highest BCUT2D eigenvalue weighted by molar-refractivity contribution is 6.31. The van der Waals surface area contributed by atoms with E-state index in [2.05, 4.69) is 17.1 Å². The fraction of sp³-hybridized carbons (Fsp3) is 0.444. The average molecular weight is 348 g/mol. The maximum absolute atomic E-state index is 12.8. The Morgan fingerprint density at radius 1 is 1.46 bits per heavy atom. The molecule has 128 valence electrons. The molecule has 3 rings (SSSR count). The third-order valence-electron chi connectivity index (χ3n) is 4.28. The van der Waals surface area contributed by atoms with E-state index in [1.807, 2.05) is 29.2 Å². The van der Waals surface area contributed by atoms with Crippen molar-refractivity contribution in [1.29, 1.82) is 0 Å². The topological polar surface area (TPSA) is 58.2 Å². The highest BCUT2D eigenvalue weighted by atomic mass is 35.5. The van der Waals surface area contributed by atoms with Crippen LogP contribution in [0.4, 0.5) is 0 Å². The number of rotatable bonds is 5. The summed E-state index contributed by atoms with van der Waals surface area (Å²) in [5, 5.41) is 7.71. The van der Waals surface area contributed by atoms with Gasteiger partial charge in [0.25, 0.3) is 5.91 Å². The molecule has 1 atom stereocenters. The molecule has 1 amide bonds. The zero-order chi connectivity index (χ0) is 16.9. The molecule has 1 aliphatic heterocycles. The van der Waals surface area contributed by atoms with Gasteiger partial charge in [-0.3, -0.25) is 9.89 Å². The summed E-state index contributed by atoms with van der Waals surface area (Å²) in [6.45, 7) is 3.81. The molecule has 1 aromatic carbocycles. The predicted molar refractivity (Wildman–Crippen MR) is 93.4 cm³/mol. The van der Waals surface area contributed by atoms with Crippen molar-refractivity contribution in [2.75, 3.05) is 19.7 Å². The van der Waals surface area contributed by atoms with Crippen LogP contribution in [0, 0.1) is 0 Å². The molecule has 1 fully saturated rings. The van der Waals surface area contributed by atoms with Crippen LogP contribution in [0.15, 0.2) is 30.5 Å². The van der Waals surface area contributed by atoms with E-state index in [-0.39, 0.29) is 12.0 Å². The SMILES string of the molecule is CCCc1[nH]ncc1C(=O)N1CCO[C@H](Cc2ccccc2Cl)C1. The molecule has 0 spiro atoms. The highest BCUT2D eigenvalue weighted by Crippen LogP contribution is 2.20. The number of morpholine rings is 1. The van der Waals surface area contributed by atoms with Crippen molar-refractivity contribution in [3.8, 4) is 0 Å². The minimum absolute atomic E-state index is 0.0275. The quantitative estimate of drug-likeness (QED) is 0.904.